The predicted octanol–water partition coefficient (Wildman–Crippen LogP) is 4.15. The van der Waals surface area contributed by atoms with Crippen LogP contribution >= 0.6 is 0 Å². The summed E-state index contributed by atoms with van der Waals surface area (Å²) in [5.41, 5.74) is 3.80. The molecule has 0 amide bonds. The van der Waals surface area contributed by atoms with Gasteiger partial charge in [0, 0.05) is 18.0 Å². The number of nitrogens with one attached hydrogen (secondary N) is 1. The molecule has 106 valence electrons. The molecule has 1 aliphatic heterocycles. The van der Waals surface area contributed by atoms with Crippen LogP contribution in [0.5, 0.6) is 5.75 Å². The van der Waals surface area contributed by atoms with Crippen molar-refractivity contribution in [2.24, 2.45) is 5.92 Å². The van der Waals surface area contributed by atoms with E-state index in [9.17, 15) is 0 Å². The second-order valence-electron chi connectivity index (χ2n) is 6.92. The molecule has 0 spiro atoms. The number of rotatable bonds is 3. The Balaban J connectivity index is 2.35. The maximum Gasteiger partial charge on any atom is 0.127 e. The van der Waals surface area contributed by atoms with E-state index < -0.39 is 0 Å². The van der Waals surface area contributed by atoms with Crippen LogP contribution in [0.4, 0.5) is 0 Å². The number of fused-ring (bicyclic) bond motifs is 1. The van der Waals surface area contributed by atoms with Crippen LogP contribution in [-0.2, 0) is 0 Å². The highest BCUT2D eigenvalue weighted by atomic mass is 16.5. The molecule has 1 heterocycles. The summed E-state index contributed by atoms with van der Waals surface area (Å²) < 4.78 is 6.20. The largest absolute Gasteiger partial charge is 0.487 e. The fraction of sp³-hybridized carbons (Fsp3) is 0.647. The second kappa shape index (κ2) is 5.16. The molecule has 1 N–H and O–H groups in total. The third-order valence-corrected chi connectivity index (χ3v) is 3.67. The van der Waals surface area contributed by atoms with Crippen LogP contribution in [0.3, 0.4) is 0 Å². The number of aryl methyl sites for hydroxylation is 2. The molecule has 0 aromatic heterocycles. The minimum atomic E-state index is -0.0956. The summed E-state index contributed by atoms with van der Waals surface area (Å²) in [6, 6.07) is 4.88. The Hall–Kier alpha value is -1.02. The van der Waals surface area contributed by atoms with Crippen LogP contribution in [-0.4, -0.2) is 12.1 Å². The highest BCUT2D eigenvalue weighted by Gasteiger charge is 2.34. The molecule has 0 fully saturated rings. The van der Waals surface area contributed by atoms with Gasteiger partial charge in [0.05, 0.1) is 0 Å². The molecule has 19 heavy (non-hydrogen) atoms. The normalized spacial score (nSPS) is 21.1. The molecule has 0 bridgehead atoms. The summed E-state index contributed by atoms with van der Waals surface area (Å²) in [7, 11) is 0. The van der Waals surface area contributed by atoms with Crippen molar-refractivity contribution in [3.8, 4) is 5.75 Å². The molecular weight excluding hydrogens is 234 g/mol. The van der Waals surface area contributed by atoms with Gasteiger partial charge in [0.1, 0.15) is 11.4 Å². The van der Waals surface area contributed by atoms with Crippen molar-refractivity contribution in [3.63, 3.8) is 0 Å². The summed E-state index contributed by atoms with van der Waals surface area (Å²) in [4.78, 5) is 0. The standard InChI is InChI=1S/C17H27NO/c1-11(2)10-18-15-9-17(5,6)19-16-13(4)7-12(3)8-14(15)16/h7-8,11,15,18H,9-10H2,1-6H3. The van der Waals surface area contributed by atoms with Crippen molar-refractivity contribution >= 4 is 0 Å². The van der Waals surface area contributed by atoms with Gasteiger partial charge in [0.25, 0.3) is 0 Å². The van der Waals surface area contributed by atoms with E-state index in [1.54, 1.807) is 0 Å². The van der Waals surface area contributed by atoms with Crippen molar-refractivity contribution in [1.29, 1.82) is 0 Å². The first-order valence-corrected chi connectivity index (χ1v) is 7.32. The quantitative estimate of drug-likeness (QED) is 0.882. The van der Waals surface area contributed by atoms with E-state index in [4.69, 9.17) is 4.74 Å². The van der Waals surface area contributed by atoms with Gasteiger partial charge < -0.3 is 10.1 Å². The molecule has 1 aromatic rings. The number of hydrogen-bond donors (Lipinski definition) is 1. The lowest BCUT2D eigenvalue weighted by Crippen LogP contribution is -2.40. The zero-order valence-corrected chi connectivity index (χ0v) is 13.1. The van der Waals surface area contributed by atoms with Crippen LogP contribution in [0.1, 0.15) is 56.8 Å². The molecule has 0 saturated heterocycles. The third kappa shape index (κ3) is 3.30. The van der Waals surface area contributed by atoms with E-state index in [2.05, 4.69) is 59.0 Å². The summed E-state index contributed by atoms with van der Waals surface area (Å²) in [6.45, 7) is 14.2. The molecule has 2 heteroatoms. The molecule has 0 saturated carbocycles. The van der Waals surface area contributed by atoms with Crippen molar-refractivity contribution in [2.45, 2.75) is 59.6 Å². The van der Waals surface area contributed by atoms with E-state index in [0.29, 0.717) is 12.0 Å². The Bertz CT molecular complexity index is 463. The SMILES string of the molecule is Cc1cc(C)c2c(c1)C(NCC(C)C)CC(C)(C)O2. The first-order chi connectivity index (χ1) is 8.78. The maximum atomic E-state index is 6.20. The lowest BCUT2D eigenvalue weighted by Gasteiger charge is -2.39. The highest BCUT2D eigenvalue weighted by Crippen LogP contribution is 2.41. The lowest BCUT2D eigenvalue weighted by molar-refractivity contribution is 0.0645. The Kier molecular flexibility index (Phi) is 3.91. The molecule has 1 aromatic carbocycles. The fourth-order valence-electron chi connectivity index (χ4n) is 2.87. The molecule has 1 atom stereocenters. The van der Waals surface area contributed by atoms with E-state index in [1.807, 2.05) is 0 Å². The van der Waals surface area contributed by atoms with Crippen molar-refractivity contribution in [2.75, 3.05) is 6.54 Å². The fourth-order valence-corrected chi connectivity index (χ4v) is 2.87. The van der Waals surface area contributed by atoms with Crippen LogP contribution < -0.4 is 10.1 Å². The van der Waals surface area contributed by atoms with Crippen LogP contribution in [0.15, 0.2) is 12.1 Å². The molecule has 2 rings (SSSR count). The zero-order chi connectivity index (χ0) is 14.2. The number of benzene rings is 1. The first kappa shape index (κ1) is 14.4. The van der Waals surface area contributed by atoms with Gasteiger partial charge in [-0.3, -0.25) is 0 Å². The Morgan fingerprint density at radius 2 is 2.00 bits per heavy atom. The van der Waals surface area contributed by atoms with E-state index in [0.717, 1.165) is 18.7 Å². The van der Waals surface area contributed by atoms with Gasteiger partial charge >= 0.3 is 0 Å². The summed E-state index contributed by atoms with van der Waals surface area (Å²) in [5.74, 6) is 1.75. The van der Waals surface area contributed by atoms with Gasteiger partial charge in [-0.05, 0) is 45.7 Å². The lowest BCUT2D eigenvalue weighted by atomic mass is 9.87. The summed E-state index contributed by atoms with van der Waals surface area (Å²) in [6.07, 6.45) is 1.02. The van der Waals surface area contributed by atoms with Crippen LogP contribution in [0.2, 0.25) is 0 Å². The van der Waals surface area contributed by atoms with Gasteiger partial charge in [-0.15, -0.1) is 0 Å². The van der Waals surface area contributed by atoms with Crippen LogP contribution in [0, 0.1) is 19.8 Å². The Morgan fingerprint density at radius 1 is 1.32 bits per heavy atom. The topological polar surface area (TPSA) is 21.3 Å². The minimum Gasteiger partial charge on any atom is -0.487 e. The average molecular weight is 261 g/mol. The highest BCUT2D eigenvalue weighted by molar-refractivity contribution is 5.47. The molecule has 0 aliphatic carbocycles. The van der Waals surface area contributed by atoms with Crippen molar-refractivity contribution < 1.29 is 4.74 Å². The van der Waals surface area contributed by atoms with Gasteiger partial charge in [-0.1, -0.05) is 31.5 Å². The molecule has 1 aliphatic rings. The maximum absolute atomic E-state index is 6.20. The Morgan fingerprint density at radius 3 is 2.63 bits per heavy atom. The minimum absolute atomic E-state index is 0.0956. The molecule has 0 radical (unpaired) electrons. The van der Waals surface area contributed by atoms with E-state index in [-0.39, 0.29) is 5.60 Å². The smallest absolute Gasteiger partial charge is 0.127 e. The average Bonchev–Trinajstić information content (AvgIpc) is 2.26. The van der Waals surface area contributed by atoms with Crippen LogP contribution in [0.25, 0.3) is 0 Å². The number of ether oxygens (including phenoxy) is 1. The monoisotopic (exact) mass is 261 g/mol. The van der Waals surface area contributed by atoms with Gasteiger partial charge in [0.2, 0.25) is 0 Å². The Labute approximate surface area is 117 Å². The molecule has 1 unspecified atom stereocenters. The van der Waals surface area contributed by atoms with E-state index in [1.165, 1.54) is 16.7 Å². The summed E-state index contributed by atoms with van der Waals surface area (Å²) >= 11 is 0. The first-order valence-electron chi connectivity index (χ1n) is 7.32. The van der Waals surface area contributed by atoms with Gasteiger partial charge in [-0.2, -0.15) is 0 Å². The zero-order valence-electron chi connectivity index (χ0n) is 13.1. The summed E-state index contributed by atoms with van der Waals surface area (Å²) in [5, 5.41) is 3.71. The second-order valence-corrected chi connectivity index (χ2v) is 6.92. The third-order valence-electron chi connectivity index (χ3n) is 3.67. The number of hydrogen-bond acceptors (Lipinski definition) is 2. The van der Waals surface area contributed by atoms with Gasteiger partial charge in [-0.25, -0.2) is 0 Å². The van der Waals surface area contributed by atoms with E-state index >= 15 is 0 Å². The molecule has 2 nitrogen and oxygen atoms in total. The predicted molar refractivity (Wildman–Crippen MR) is 80.8 cm³/mol. The molecular formula is C17H27NO. The van der Waals surface area contributed by atoms with Crippen molar-refractivity contribution in [3.05, 3.63) is 28.8 Å². The van der Waals surface area contributed by atoms with Gasteiger partial charge in [0.15, 0.2) is 0 Å². The van der Waals surface area contributed by atoms with Crippen molar-refractivity contribution in [1.82, 2.24) is 5.32 Å².